The van der Waals surface area contributed by atoms with Crippen LogP contribution in [0.3, 0.4) is 0 Å². The van der Waals surface area contributed by atoms with Crippen molar-refractivity contribution in [3.8, 4) is 17.2 Å². The van der Waals surface area contributed by atoms with Crippen LogP contribution in [0.25, 0.3) is 0 Å². The van der Waals surface area contributed by atoms with Crippen LogP contribution < -0.4 is 25.4 Å². The van der Waals surface area contributed by atoms with Crippen molar-refractivity contribution in [2.45, 2.75) is 40.0 Å². The zero-order valence-electron chi connectivity index (χ0n) is 22.6. The molecule has 198 valence electrons. The second-order valence-electron chi connectivity index (χ2n) is 9.66. The monoisotopic (exact) mass is 560 g/mol. The van der Waals surface area contributed by atoms with Crippen molar-refractivity contribution in [2.24, 2.45) is 0 Å². The zero-order valence-corrected chi connectivity index (χ0v) is 24.6. The maximum Gasteiger partial charge on any atom is 0.162 e. The SMILES string of the molecule is COc1cccc(C)c1[PH+](c1cccc(C(C)(C)C)c1O)c1c(C)cccc1OC.[Ni].c1ccncc1. The zero-order chi connectivity index (χ0) is 26.3. The minimum absolute atomic E-state index is 0. The molecule has 0 saturated heterocycles. The fourth-order valence-corrected chi connectivity index (χ4v) is 7.56. The van der Waals surface area contributed by atoms with E-state index < -0.39 is 7.92 Å². The summed E-state index contributed by atoms with van der Waals surface area (Å²) in [4.78, 5) is 3.78. The quantitative estimate of drug-likeness (QED) is 0.244. The van der Waals surface area contributed by atoms with Crippen molar-refractivity contribution in [1.29, 1.82) is 0 Å². The molecule has 0 amide bonds. The van der Waals surface area contributed by atoms with E-state index in [1.165, 1.54) is 0 Å². The Kier molecular flexibility index (Phi) is 11.2. The molecule has 37 heavy (non-hydrogen) atoms. The molecule has 0 fully saturated rings. The van der Waals surface area contributed by atoms with E-state index >= 15 is 0 Å². The van der Waals surface area contributed by atoms with Gasteiger partial charge in [0.05, 0.1) is 14.2 Å². The average molecular weight is 561 g/mol. The van der Waals surface area contributed by atoms with Crippen LogP contribution in [0.15, 0.2) is 85.2 Å². The van der Waals surface area contributed by atoms with Gasteiger partial charge in [0, 0.05) is 34.4 Å². The summed E-state index contributed by atoms with van der Waals surface area (Å²) in [6.45, 7) is 10.6. The molecule has 6 heteroatoms. The van der Waals surface area contributed by atoms with Crippen molar-refractivity contribution >= 4 is 23.8 Å². The molecule has 1 aromatic heterocycles. The first-order valence-electron chi connectivity index (χ1n) is 12.0. The number of methoxy groups -OCH3 is 2. The Balaban J connectivity index is 0.000000604. The van der Waals surface area contributed by atoms with E-state index in [1.54, 1.807) is 26.6 Å². The van der Waals surface area contributed by atoms with E-state index in [9.17, 15) is 5.11 Å². The second kappa shape index (κ2) is 13.6. The summed E-state index contributed by atoms with van der Waals surface area (Å²) in [5.74, 6) is 2.05. The van der Waals surface area contributed by atoms with E-state index in [1.807, 2.05) is 48.5 Å². The molecule has 0 aliphatic heterocycles. The molecule has 0 saturated carbocycles. The third-order valence-corrected chi connectivity index (χ3v) is 9.31. The second-order valence-corrected chi connectivity index (χ2v) is 11.9. The number of aryl methyl sites for hydroxylation is 2. The molecule has 0 unspecified atom stereocenters. The molecule has 0 radical (unpaired) electrons. The minimum Gasteiger partial charge on any atom is -0.504 e. The third-order valence-electron chi connectivity index (χ3n) is 6.09. The van der Waals surface area contributed by atoms with Crippen LogP contribution in [-0.4, -0.2) is 24.3 Å². The summed E-state index contributed by atoms with van der Waals surface area (Å²) in [7, 11) is 1.78. The number of pyridine rings is 1. The number of aromatic nitrogens is 1. The molecule has 3 aromatic carbocycles. The van der Waals surface area contributed by atoms with Gasteiger partial charge in [0.2, 0.25) is 0 Å². The minimum atomic E-state index is -1.63. The Bertz CT molecular complexity index is 1210. The van der Waals surface area contributed by atoms with E-state index in [-0.39, 0.29) is 21.9 Å². The molecular formula is C31H37NNiO3P+. The molecule has 0 spiro atoms. The number of ether oxygens (including phenoxy) is 2. The maximum absolute atomic E-state index is 11.5. The van der Waals surface area contributed by atoms with Gasteiger partial charge in [-0.1, -0.05) is 63.2 Å². The van der Waals surface area contributed by atoms with Gasteiger partial charge in [-0.2, -0.15) is 0 Å². The van der Waals surface area contributed by atoms with Crippen LogP contribution in [0.4, 0.5) is 0 Å². The number of rotatable bonds is 5. The number of aromatic hydroxyl groups is 1. The van der Waals surface area contributed by atoms with Gasteiger partial charge < -0.3 is 14.6 Å². The van der Waals surface area contributed by atoms with Gasteiger partial charge in [0.25, 0.3) is 0 Å². The normalized spacial score (nSPS) is 10.7. The van der Waals surface area contributed by atoms with E-state index in [4.69, 9.17) is 9.47 Å². The van der Waals surface area contributed by atoms with Crippen molar-refractivity contribution in [2.75, 3.05) is 14.2 Å². The standard InChI is InChI=1S/C26H31O3P.C5H5N.Ni/c1-17-11-8-14-20(28-6)24(17)30(25-18(2)12-9-15-21(25)29-7)22-16-10-13-19(23(22)27)26(3,4)5;1-2-4-6-5-3-1;/h8-16,27H,1-7H3;1-5H;/p+1. The summed E-state index contributed by atoms with van der Waals surface area (Å²) < 4.78 is 11.6. The summed E-state index contributed by atoms with van der Waals surface area (Å²) in [5, 5.41) is 14.7. The van der Waals surface area contributed by atoms with Gasteiger partial charge in [-0.05, 0) is 60.7 Å². The van der Waals surface area contributed by atoms with E-state index in [0.717, 1.165) is 44.1 Å². The molecule has 0 atom stereocenters. The number of benzene rings is 3. The molecular weight excluding hydrogens is 524 g/mol. The van der Waals surface area contributed by atoms with Crippen molar-refractivity contribution in [3.05, 3.63) is 102 Å². The number of phenolic OH excluding ortho intramolecular Hbond substituents is 1. The van der Waals surface area contributed by atoms with Crippen LogP contribution >= 0.6 is 7.92 Å². The Morgan fingerprint density at radius 3 is 1.57 bits per heavy atom. The van der Waals surface area contributed by atoms with Gasteiger partial charge >= 0.3 is 0 Å². The predicted molar refractivity (Wildman–Crippen MR) is 154 cm³/mol. The largest absolute Gasteiger partial charge is 0.504 e. The number of para-hydroxylation sites is 1. The fraction of sp³-hybridized carbons (Fsp3) is 0.258. The average Bonchev–Trinajstić information content (AvgIpc) is 2.87. The fourth-order valence-electron chi connectivity index (χ4n) is 4.32. The predicted octanol–water partition coefficient (Wildman–Crippen LogP) is 5.89. The van der Waals surface area contributed by atoms with Gasteiger partial charge in [0.15, 0.2) is 17.2 Å². The number of phenols is 1. The van der Waals surface area contributed by atoms with Crippen molar-refractivity contribution in [1.82, 2.24) is 4.98 Å². The summed E-state index contributed by atoms with van der Waals surface area (Å²) in [5.41, 5.74) is 3.07. The first-order chi connectivity index (χ1) is 17.2. The third kappa shape index (κ3) is 7.13. The Morgan fingerprint density at radius 1 is 0.703 bits per heavy atom. The summed E-state index contributed by atoms with van der Waals surface area (Å²) in [6.07, 6.45) is 3.50. The van der Waals surface area contributed by atoms with Crippen LogP contribution in [-0.2, 0) is 21.9 Å². The van der Waals surface area contributed by atoms with Crippen molar-refractivity contribution < 1.29 is 31.1 Å². The van der Waals surface area contributed by atoms with Crippen LogP contribution in [0, 0.1) is 13.8 Å². The molecule has 4 rings (SSSR count). The molecule has 0 aliphatic rings. The first kappa shape index (κ1) is 30.4. The molecule has 1 heterocycles. The van der Waals surface area contributed by atoms with E-state index in [2.05, 4.69) is 63.9 Å². The maximum atomic E-state index is 11.5. The Labute approximate surface area is 232 Å². The first-order valence-corrected chi connectivity index (χ1v) is 13.5. The molecule has 0 aliphatic carbocycles. The van der Waals surface area contributed by atoms with E-state index in [0.29, 0.717) is 5.75 Å². The topological polar surface area (TPSA) is 51.6 Å². The van der Waals surface area contributed by atoms with Gasteiger partial charge in [0.1, 0.15) is 23.8 Å². The van der Waals surface area contributed by atoms with Crippen LogP contribution in [0.5, 0.6) is 17.2 Å². The number of nitrogens with zero attached hydrogens (tertiary/aromatic N) is 1. The van der Waals surface area contributed by atoms with Crippen molar-refractivity contribution in [3.63, 3.8) is 0 Å². The van der Waals surface area contributed by atoms with Crippen LogP contribution in [0.1, 0.15) is 37.5 Å². The number of hydrogen-bond donors (Lipinski definition) is 1. The van der Waals surface area contributed by atoms with Crippen LogP contribution in [0.2, 0.25) is 0 Å². The molecule has 0 bridgehead atoms. The summed E-state index contributed by atoms with van der Waals surface area (Å²) >= 11 is 0. The molecule has 4 nitrogen and oxygen atoms in total. The van der Waals surface area contributed by atoms with Gasteiger partial charge in [-0.3, -0.25) is 4.98 Å². The molecule has 1 N–H and O–H groups in total. The summed E-state index contributed by atoms with van der Waals surface area (Å²) in [6, 6.07) is 24.1. The Morgan fingerprint density at radius 2 is 1.19 bits per heavy atom. The smallest absolute Gasteiger partial charge is 0.162 e. The van der Waals surface area contributed by atoms with Gasteiger partial charge in [-0.25, -0.2) is 0 Å². The van der Waals surface area contributed by atoms with Gasteiger partial charge in [-0.15, -0.1) is 0 Å². The molecule has 4 aromatic rings. The number of hydrogen-bond acceptors (Lipinski definition) is 4. The Hall–Kier alpha value is -2.87.